The lowest BCUT2D eigenvalue weighted by atomic mass is 9.68. The number of fused-ring (bicyclic) bond motifs is 1. The fourth-order valence-corrected chi connectivity index (χ4v) is 6.62. The van der Waals surface area contributed by atoms with E-state index in [2.05, 4.69) is 18.3 Å². The van der Waals surface area contributed by atoms with Crippen molar-refractivity contribution in [3.8, 4) is 5.75 Å². The molecule has 3 aromatic rings. The molecule has 0 aromatic heterocycles. The number of imide groups is 1. The quantitative estimate of drug-likeness (QED) is 0.137. The number of hydrogen-bond donors (Lipinski definition) is 5. The second-order valence-corrected chi connectivity index (χ2v) is 11.6. The van der Waals surface area contributed by atoms with Crippen molar-refractivity contribution in [2.75, 3.05) is 23.4 Å². The first-order valence-electron chi connectivity index (χ1n) is 15.2. The maximum Gasteiger partial charge on any atom is 0.238 e. The lowest BCUT2D eigenvalue weighted by molar-refractivity contribution is -0.123. The van der Waals surface area contributed by atoms with Gasteiger partial charge in [-0.1, -0.05) is 55.3 Å². The summed E-state index contributed by atoms with van der Waals surface area (Å²) in [4.78, 5) is 28.6. The van der Waals surface area contributed by atoms with Crippen molar-refractivity contribution in [1.29, 1.82) is 0 Å². The van der Waals surface area contributed by atoms with Gasteiger partial charge in [0.2, 0.25) is 11.8 Å². The number of nitrogens with one attached hydrogen (secondary N) is 1. The fourth-order valence-electron chi connectivity index (χ4n) is 6.62. The molecule has 5 N–H and O–H groups in total. The number of anilines is 3. The van der Waals surface area contributed by atoms with Gasteiger partial charge in [0.1, 0.15) is 5.75 Å². The molecular formula is C36H40N2O6. The second kappa shape index (κ2) is 14.0. The third-order valence-electron chi connectivity index (χ3n) is 8.69. The molecule has 1 fully saturated rings. The average Bonchev–Trinajstić information content (AvgIpc) is 3.29. The number of phenolic OH excluding ortho intramolecular Hbond substituents is 1. The zero-order valence-corrected chi connectivity index (χ0v) is 24.9. The third-order valence-corrected chi connectivity index (χ3v) is 8.69. The molecule has 3 aromatic carbocycles. The number of rotatable bonds is 12. The first-order chi connectivity index (χ1) is 21.3. The Hall–Kier alpha value is -4.24. The van der Waals surface area contributed by atoms with Crippen LogP contribution >= 0.6 is 0 Å². The van der Waals surface area contributed by atoms with Gasteiger partial charge in [-0.3, -0.25) is 14.5 Å². The maximum atomic E-state index is 13.8. The fraction of sp³-hybridized carbons (Fsp3) is 0.333. The Kier molecular flexibility index (Phi) is 9.95. The predicted octanol–water partition coefficient (Wildman–Crippen LogP) is 5.57. The van der Waals surface area contributed by atoms with Crippen LogP contribution in [0.4, 0.5) is 17.1 Å². The number of para-hydroxylation sites is 1. The molecule has 230 valence electrons. The van der Waals surface area contributed by atoms with Crippen LogP contribution in [0.3, 0.4) is 0 Å². The topological polar surface area (TPSA) is 130 Å². The summed E-state index contributed by atoms with van der Waals surface area (Å²) in [6, 6.07) is 23.6. The van der Waals surface area contributed by atoms with Crippen LogP contribution in [0.5, 0.6) is 5.75 Å². The Morgan fingerprint density at radius 2 is 1.61 bits per heavy atom. The maximum absolute atomic E-state index is 13.8. The standard InChI is InChI=1S/C36H40N2O6/c1-2-6-23(19-24-9-16-29(41)17-10-24)11-18-32(42)33-25(21-39)20-30-34(31(33)22-40)36(44)38(35(30)43)28-14-12-27(13-15-28)37-26-7-4-3-5-8-26/h3-5,7-10,12-17,19,30-32,34,37,39-42H,2,6,11,18,20-22H2,1H3/b23-19+/t30-,31+,32-,34-/m1/s1. The van der Waals surface area contributed by atoms with Gasteiger partial charge in [0.05, 0.1) is 36.8 Å². The van der Waals surface area contributed by atoms with Crippen molar-refractivity contribution in [2.45, 2.75) is 45.1 Å². The summed E-state index contributed by atoms with van der Waals surface area (Å²) in [5, 5.41) is 45.2. The van der Waals surface area contributed by atoms with Crippen molar-refractivity contribution in [3.63, 3.8) is 0 Å². The first kappa shape index (κ1) is 31.2. The lowest BCUT2D eigenvalue weighted by Crippen LogP contribution is -2.39. The molecular weight excluding hydrogens is 556 g/mol. The van der Waals surface area contributed by atoms with Gasteiger partial charge in [-0.2, -0.15) is 0 Å². The van der Waals surface area contributed by atoms with Crippen LogP contribution in [0.15, 0.2) is 95.6 Å². The van der Waals surface area contributed by atoms with Crippen LogP contribution in [0, 0.1) is 17.8 Å². The Balaban J connectivity index is 1.34. The van der Waals surface area contributed by atoms with Crippen molar-refractivity contribution in [3.05, 3.63) is 101 Å². The van der Waals surface area contributed by atoms with Gasteiger partial charge < -0.3 is 25.7 Å². The number of amides is 2. The normalized spacial score (nSPS) is 21.0. The van der Waals surface area contributed by atoms with Gasteiger partial charge in [0.25, 0.3) is 0 Å². The predicted molar refractivity (Wildman–Crippen MR) is 171 cm³/mol. The third kappa shape index (κ3) is 6.63. The van der Waals surface area contributed by atoms with Crippen LogP contribution in [0.2, 0.25) is 0 Å². The molecule has 0 saturated carbocycles. The van der Waals surface area contributed by atoms with Crippen molar-refractivity contribution in [2.24, 2.45) is 17.8 Å². The second-order valence-electron chi connectivity index (χ2n) is 11.6. The van der Waals surface area contributed by atoms with Crippen LogP contribution in [0.1, 0.15) is 44.6 Å². The molecule has 4 atom stereocenters. The number of aliphatic hydroxyl groups excluding tert-OH is 3. The zero-order valence-electron chi connectivity index (χ0n) is 24.9. The summed E-state index contributed by atoms with van der Waals surface area (Å²) in [6.45, 7) is 1.30. The molecule has 1 aliphatic heterocycles. The highest BCUT2D eigenvalue weighted by atomic mass is 16.3. The van der Waals surface area contributed by atoms with Gasteiger partial charge in [-0.05, 0) is 90.9 Å². The smallest absolute Gasteiger partial charge is 0.238 e. The van der Waals surface area contributed by atoms with E-state index in [0.717, 1.165) is 35.4 Å². The van der Waals surface area contributed by atoms with E-state index in [0.29, 0.717) is 29.7 Å². The molecule has 1 saturated heterocycles. The molecule has 8 heteroatoms. The molecule has 0 unspecified atom stereocenters. The van der Waals surface area contributed by atoms with E-state index in [-0.39, 0.29) is 24.7 Å². The highest BCUT2D eigenvalue weighted by Gasteiger charge is 2.55. The summed E-state index contributed by atoms with van der Waals surface area (Å²) < 4.78 is 0. The minimum absolute atomic E-state index is 0.157. The number of aromatic hydroxyl groups is 1. The average molecular weight is 597 g/mol. The van der Waals surface area contributed by atoms with E-state index in [9.17, 15) is 30.0 Å². The lowest BCUT2D eigenvalue weighted by Gasteiger charge is -2.36. The Morgan fingerprint density at radius 1 is 0.932 bits per heavy atom. The highest BCUT2D eigenvalue weighted by molar-refractivity contribution is 6.22. The van der Waals surface area contributed by atoms with Crippen LogP contribution in [-0.2, 0) is 9.59 Å². The number of allylic oxidation sites excluding steroid dienone is 1. The summed E-state index contributed by atoms with van der Waals surface area (Å²) in [6.07, 6.45) is 3.89. The van der Waals surface area contributed by atoms with E-state index in [1.54, 1.807) is 36.4 Å². The molecule has 1 aliphatic carbocycles. The van der Waals surface area contributed by atoms with Gasteiger partial charge in [0, 0.05) is 17.3 Å². The van der Waals surface area contributed by atoms with Crippen molar-refractivity contribution in [1.82, 2.24) is 0 Å². The molecule has 0 radical (unpaired) electrons. The number of aliphatic hydroxyl groups is 3. The van der Waals surface area contributed by atoms with Gasteiger partial charge >= 0.3 is 0 Å². The largest absolute Gasteiger partial charge is 0.508 e. The molecule has 0 spiro atoms. The number of hydrogen-bond acceptors (Lipinski definition) is 7. The van der Waals surface area contributed by atoms with Gasteiger partial charge in [-0.25, -0.2) is 0 Å². The van der Waals surface area contributed by atoms with Crippen molar-refractivity contribution >= 4 is 35.0 Å². The Labute approximate surface area is 258 Å². The first-order valence-corrected chi connectivity index (χ1v) is 15.2. The summed E-state index contributed by atoms with van der Waals surface area (Å²) in [5.74, 6) is -2.88. The summed E-state index contributed by atoms with van der Waals surface area (Å²) in [7, 11) is 0. The van der Waals surface area contributed by atoms with E-state index in [1.165, 1.54) is 4.90 Å². The van der Waals surface area contributed by atoms with Crippen LogP contribution in [-0.4, -0.2) is 51.6 Å². The minimum atomic E-state index is -0.990. The van der Waals surface area contributed by atoms with Gasteiger partial charge in [0.15, 0.2) is 0 Å². The molecule has 8 nitrogen and oxygen atoms in total. The molecule has 44 heavy (non-hydrogen) atoms. The van der Waals surface area contributed by atoms with E-state index in [4.69, 9.17) is 0 Å². The van der Waals surface area contributed by atoms with E-state index in [1.807, 2.05) is 42.5 Å². The van der Waals surface area contributed by atoms with Crippen LogP contribution in [0.25, 0.3) is 6.08 Å². The molecule has 5 rings (SSSR count). The number of carbonyl (C=O) groups excluding carboxylic acids is 2. The number of nitrogens with zero attached hydrogens (tertiary/aromatic N) is 1. The number of carbonyl (C=O) groups is 2. The summed E-state index contributed by atoms with van der Waals surface area (Å²) in [5.41, 5.74) is 5.23. The molecule has 1 heterocycles. The SMILES string of the molecule is CCC/C(=C\c1ccc(O)cc1)CC[C@@H](O)C1=C(CO)C[C@H]2C(=O)N(c3ccc(Nc4ccccc4)cc3)C(=O)[C@H]2[C@H]1CO. The van der Waals surface area contributed by atoms with E-state index < -0.39 is 36.4 Å². The number of phenols is 1. The zero-order chi connectivity index (χ0) is 31.2. The summed E-state index contributed by atoms with van der Waals surface area (Å²) >= 11 is 0. The molecule has 0 bridgehead atoms. The Bertz CT molecular complexity index is 1510. The molecule has 2 amide bonds. The van der Waals surface area contributed by atoms with Crippen molar-refractivity contribution < 1.29 is 30.0 Å². The minimum Gasteiger partial charge on any atom is -0.508 e. The number of benzene rings is 3. The highest BCUT2D eigenvalue weighted by Crippen LogP contribution is 2.47. The Morgan fingerprint density at radius 3 is 2.25 bits per heavy atom. The van der Waals surface area contributed by atoms with Crippen LogP contribution < -0.4 is 10.2 Å². The van der Waals surface area contributed by atoms with Gasteiger partial charge in [-0.15, -0.1) is 0 Å². The van der Waals surface area contributed by atoms with E-state index >= 15 is 0 Å². The monoisotopic (exact) mass is 596 g/mol. The molecule has 2 aliphatic rings.